The van der Waals surface area contributed by atoms with E-state index in [0.29, 0.717) is 32.7 Å². The Morgan fingerprint density at radius 3 is 1.97 bits per heavy atom. The maximum absolute atomic E-state index is 11.9. The van der Waals surface area contributed by atoms with Gasteiger partial charge in [0.2, 0.25) is 0 Å². The minimum atomic E-state index is -0.739. The molecule has 0 saturated carbocycles. The third-order valence-electron chi connectivity index (χ3n) is 6.18. The van der Waals surface area contributed by atoms with Gasteiger partial charge in [0.15, 0.2) is 17.1 Å². The first kappa shape index (κ1) is 26.6. The summed E-state index contributed by atoms with van der Waals surface area (Å²) in [6.45, 7) is 0.0606. The Labute approximate surface area is 240 Å². The van der Waals surface area contributed by atoms with Gasteiger partial charge in [0.1, 0.15) is 17.8 Å². The van der Waals surface area contributed by atoms with Crippen LogP contribution < -0.4 is 5.32 Å². The number of anilines is 1. The Morgan fingerprint density at radius 1 is 0.872 bits per heavy atom. The molecule has 1 N–H and O–H groups in total. The number of nitrogens with zero attached hydrogens (tertiary/aromatic N) is 2. The van der Waals surface area contributed by atoms with Crippen LogP contribution in [0.2, 0.25) is 10.0 Å². The van der Waals surface area contributed by atoms with Crippen LogP contribution in [0.1, 0.15) is 27.9 Å². The second-order valence-corrected chi connectivity index (χ2v) is 10.3. The number of thiazole rings is 1. The number of aromatic nitrogens is 1. The molecule has 5 nitrogen and oxygen atoms in total. The number of nitrogens with one attached hydrogen (secondary N) is 1. The first-order valence-corrected chi connectivity index (χ1v) is 13.7. The monoisotopic (exact) mass is 571 g/mol. The Kier molecular flexibility index (Phi) is 8.37. The Hall–Kier alpha value is -3.97. The molecular weight excluding hydrogens is 549 g/mol. The molecule has 0 fully saturated rings. The fraction of sp³-hybridized carbons (Fsp3) is 0.0645. The molecule has 0 amide bonds. The SMILES string of the molecule is O=C/C(=N\OCc1cc(Cl)ccc1Cl)c1csc(NC(c2ccccc2)(c2ccccc2)c2ccccc2)n1. The predicted octanol–water partition coefficient (Wildman–Crippen LogP) is 7.97. The summed E-state index contributed by atoms with van der Waals surface area (Å²) in [5.41, 5.74) is 3.54. The van der Waals surface area contributed by atoms with E-state index >= 15 is 0 Å². The van der Waals surface area contributed by atoms with Gasteiger partial charge in [-0.2, -0.15) is 0 Å². The first-order valence-electron chi connectivity index (χ1n) is 12.1. The fourth-order valence-electron chi connectivity index (χ4n) is 4.34. The number of rotatable bonds is 10. The van der Waals surface area contributed by atoms with Crippen LogP contribution in [-0.2, 0) is 21.8 Å². The molecule has 1 aromatic heterocycles. The average molecular weight is 573 g/mol. The van der Waals surface area contributed by atoms with E-state index in [-0.39, 0.29) is 12.3 Å². The minimum absolute atomic E-state index is 0.0606. The number of carbonyl (C=O) groups excluding carboxylic acids is 1. The lowest BCUT2D eigenvalue weighted by Gasteiger charge is -2.36. The van der Waals surface area contributed by atoms with Gasteiger partial charge < -0.3 is 10.2 Å². The van der Waals surface area contributed by atoms with Crippen molar-refractivity contribution < 1.29 is 9.63 Å². The second kappa shape index (κ2) is 12.3. The summed E-state index contributed by atoms with van der Waals surface area (Å²) in [5.74, 6) is 0. The number of benzene rings is 4. The Morgan fingerprint density at radius 2 is 1.44 bits per heavy atom. The summed E-state index contributed by atoms with van der Waals surface area (Å²) in [7, 11) is 0. The van der Waals surface area contributed by atoms with E-state index in [1.807, 2.05) is 54.6 Å². The van der Waals surface area contributed by atoms with Gasteiger partial charge in [0, 0.05) is 21.0 Å². The second-order valence-electron chi connectivity index (χ2n) is 8.61. The zero-order valence-electron chi connectivity index (χ0n) is 20.6. The molecule has 0 saturated heterocycles. The third-order valence-corrected chi connectivity index (χ3v) is 7.55. The van der Waals surface area contributed by atoms with Crippen LogP contribution >= 0.6 is 34.5 Å². The third kappa shape index (κ3) is 5.88. The molecule has 194 valence electrons. The number of hydrogen-bond acceptors (Lipinski definition) is 6. The molecule has 0 unspecified atom stereocenters. The molecule has 5 rings (SSSR count). The van der Waals surface area contributed by atoms with E-state index < -0.39 is 5.54 Å². The van der Waals surface area contributed by atoms with Crippen molar-refractivity contribution in [3.05, 3.63) is 153 Å². The lowest BCUT2D eigenvalue weighted by atomic mass is 9.77. The van der Waals surface area contributed by atoms with Crippen LogP contribution in [0.15, 0.2) is 120 Å². The van der Waals surface area contributed by atoms with Gasteiger partial charge in [-0.05, 0) is 34.9 Å². The van der Waals surface area contributed by atoms with Crippen molar-refractivity contribution in [1.82, 2.24) is 4.98 Å². The normalized spacial score (nSPS) is 11.7. The van der Waals surface area contributed by atoms with Crippen LogP contribution in [0.3, 0.4) is 0 Å². The van der Waals surface area contributed by atoms with E-state index in [2.05, 4.69) is 46.9 Å². The standard InChI is InChI=1S/C31H23Cl2N3O2S/c32-26-16-17-27(33)22(18-26)20-38-36-28(19-37)29-21-39-30(34-29)35-31(23-10-4-1-5-11-23,24-12-6-2-7-13-24)25-14-8-3-9-15-25/h1-19,21H,20H2,(H,34,35)/b36-28+. The number of oxime groups is 1. The highest BCUT2D eigenvalue weighted by atomic mass is 35.5. The summed E-state index contributed by atoms with van der Waals surface area (Å²) in [6, 6.07) is 35.7. The topological polar surface area (TPSA) is 63.6 Å². The molecule has 0 aliphatic heterocycles. The van der Waals surface area contributed by atoms with E-state index in [4.69, 9.17) is 33.0 Å². The number of carbonyl (C=O) groups is 1. The maximum Gasteiger partial charge on any atom is 0.184 e. The van der Waals surface area contributed by atoms with Crippen molar-refractivity contribution in [2.24, 2.45) is 5.16 Å². The largest absolute Gasteiger partial charge is 0.390 e. The van der Waals surface area contributed by atoms with Crippen LogP contribution in [0, 0.1) is 0 Å². The van der Waals surface area contributed by atoms with Crippen LogP contribution in [0.4, 0.5) is 5.13 Å². The van der Waals surface area contributed by atoms with Crippen molar-refractivity contribution in [2.75, 3.05) is 5.32 Å². The summed E-state index contributed by atoms with van der Waals surface area (Å²) in [6.07, 6.45) is 0.622. The van der Waals surface area contributed by atoms with E-state index in [0.717, 1.165) is 16.7 Å². The summed E-state index contributed by atoms with van der Waals surface area (Å²) in [5, 5.41) is 11.2. The summed E-state index contributed by atoms with van der Waals surface area (Å²) in [4.78, 5) is 22.1. The molecule has 0 radical (unpaired) electrons. The summed E-state index contributed by atoms with van der Waals surface area (Å²) < 4.78 is 0. The molecule has 8 heteroatoms. The molecule has 0 atom stereocenters. The minimum Gasteiger partial charge on any atom is -0.390 e. The number of halogens is 2. The first-order chi connectivity index (χ1) is 19.1. The van der Waals surface area contributed by atoms with E-state index in [9.17, 15) is 4.79 Å². The van der Waals surface area contributed by atoms with Crippen LogP contribution in [-0.4, -0.2) is 17.0 Å². The van der Waals surface area contributed by atoms with E-state index in [1.54, 1.807) is 23.6 Å². The smallest absolute Gasteiger partial charge is 0.184 e. The molecule has 0 spiro atoms. The molecule has 0 aliphatic carbocycles. The molecule has 0 bridgehead atoms. The zero-order valence-corrected chi connectivity index (χ0v) is 23.0. The highest BCUT2D eigenvalue weighted by Crippen LogP contribution is 2.40. The fourth-order valence-corrected chi connectivity index (χ4v) is 5.47. The van der Waals surface area contributed by atoms with Crippen molar-refractivity contribution in [3.63, 3.8) is 0 Å². The molecule has 5 aromatic rings. The molecule has 0 aliphatic rings. The highest BCUT2D eigenvalue weighted by Gasteiger charge is 2.37. The molecule has 39 heavy (non-hydrogen) atoms. The zero-order chi connectivity index (χ0) is 27.1. The van der Waals surface area contributed by atoms with Crippen LogP contribution in [0.5, 0.6) is 0 Å². The lowest BCUT2D eigenvalue weighted by molar-refractivity contribution is -0.102. The average Bonchev–Trinajstić information content (AvgIpc) is 3.45. The molecule has 4 aromatic carbocycles. The van der Waals surface area contributed by atoms with Gasteiger partial charge in [0.25, 0.3) is 0 Å². The molecule has 1 heterocycles. The lowest BCUT2D eigenvalue weighted by Crippen LogP contribution is -2.38. The van der Waals surface area contributed by atoms with Crippen molar-refractivity contribution in [3.8, 4) is 0 Å². The van der Waals surface area contributed by atoms with Crippen molar-refractivity contribution in [2.45, 2.75) is 12.1 Å². The van der Waals surface area contributed by atoms with Gasteiger partial charge in [-0.3, -0.25) is 4.79 Å². The quantitative estimate of drug-likeness (QED) is 0.0798. The molecular formula is C31H23Cl2N3O2S. The van der Waals surface area contributed by atoms with Crippen molar-refractivity contribution >= 4 is 51.7 Å². The number of hydrogen-bond donors (Lipinski definition) is 1. The Bertz CT molecular complexity index is 1480. The van der Waals surface area contributed by atoms with Gasteiger partial charge in [0.05, 0.1) is 0 Å². The van der Waals surface area contributed by atoms with Gasteiger partial charge >= 0.3 is 0 Å². The number of aldehydes is 1. The highest BCUT2D eigenvalue weighted by molar-refractivity contribution is 7.14. The van der Waals surface area contributed by atoms with E-state index in [1.165, 1.54) is 11.3 Å². The predicted molar refractivity (Wildman–Crippen MR) is 159 cm³/mol. The van der Waals surface area contributed by atoms with Crippen molar-refractivity contribution in [1.29, 1.82) is 0 Å². The van der Waals surface area contributed by atoms with Gasteiger partial charge in [-0.15, -0.1) is 11.3 Å². The maximum atomic E-state index is 11.9. The van der Waals surface area contributed by atoms with Crippen LogP contribution in [0.25, 0.3) is 0 Å². The summed E-state index contributed by atoms with van der Waals surface area (Å²) >= 11 is 13.6. The van der Waals surface area contributed by atoms with Gasteiger partial charge in [-0.25, -0.2) is 4.98 Å². The van der Waals surface area contributed by atoms with Gasteiger partial charge in [-0.1, -0.05) is 119 Å². The Balaban J connectivity index is 1.49.